The van der Waals surface area contributed by atoms with E-state index in [1.54, 1.807) is 6.07 Å². The van der Waals surface area contributed by atoms with Crippen LogP contribution in [0.25, 0.3) is 10.9 Å². The molecule has 78 valence electrons. The van der Waals surface area contributed by atoms with Crippen LogP contribution in [0, 0.1) is 12.7 Å². The number of fused-ring (bicyclic) bond motifs is 1. The van der Waals surface area contributed by atoms with Crippen LogP contribution in [0.1, 0.15) is 5.69 Å². The zero-order chi connectivity index (χ0) is 11.0. The molecule has 0 radical (unpaired) electrons. The fourth-order valence-corrected chi connectivity index (χ4v) is 2.13. The van der Waals surface area contributed by atoms with Gasteiger partial charge >= 0.3 is 0 Å². The lowest BCUT2D eigenvalue weighted by Crippen LogP contribution is -1.96. The van der Waals surface area contributed by atoms with Gasteiger partial charge in [-0.2, -0.15) is 0 Å². The summed E-state index contributed by atoms with van der Waals surface area (Å²) in [5, 5.41) is 3.82. The average Bonchev–Trinajstić information content (AvgIpc) is 2.22. The largest absolute Gasteiger partial charge is 0.387 e. The zero-order valence-corrected chi connectivity index (χ0v) is 10.0. The molecule has 0 fully saturated rings. The minimum absolute atomic E-state index is 0.298. The van der Waals surface area contributed by atoms with E-state index in [4.69, 9.17) is 0 Å². The van der Waals surface area contributed by atoms with Crippen LogP contribution in [0.3, 0.4) is 0 Å². The molecule has 0 bridgehead atoms. The number of rotatable bonds is 1. The predicted molar refractivity (Wildman–Crippen MR) is 63.7 cm³/mol. The summed E-state index contributed by atoms with van der Waals surface area (Å²) in [5.74, 6) is -0.298. The predicted octanol–water partition coefficient (Wildman–Crippen LogP) is 3.49. The van der Waals surface area contributed by atoms with Gasteiger partial charge < -0.3 is 5.32 Å². The normalized spacial score (nSPS) is 10.7. The lowest BCUT2D eigenvalue weighted by atomic mass is 10.1. The highest BCUT2D eigenvalue weighted by Crippen LogP contribution is 2.31. The molecule has 0 saturated heterocycles. The van der Waals surface area contributed by atoms with Crippen molar-refractivity contribution in [1.29, 1.82) is 0 Å². The summed E-state index contributed by atoms with van der Waals surface area (Å²) in [6.07, 6.45) is 0. The molecular weight excluding hydrogens is 259 g/mol. The number of aromatic nitrogens is 1. The van der Waals surface area contributed by atoms with Gasteiger partial charge in [0.15, 0.2) is 0 Å². The van der Waals surface area contributed by atoms with Crippen LogP contribution in [0.15, 0.2) is 22.7 Å². The molecule has 2 aromatic rings. The first kappa shape index (κ1) is 10.4. The standard InChI is InChI=1S/C11H10BrFN2/c1-6-5-9(14-2)10-7(12)3-4-8(13)11(10)15-6/h3-5H,1-2H3,(H,14,15). The first-order valence-electron chi connectivity index (χ1n) is 4.56. The zero-order valence-electron chi connectivity index (χ0n) is 8.44. The molecule has 0 amide bonds. The van der Waals surface area contributed by atoms with Gasteiger partial charge in [-0.3, -0.25) is 0 Å². The van der Waals surface area contributed by atoms with E-state index < -0.39 is 0 Å². The van der Waals surface area contributed by atoms with E-state index in [-0.39, 0.29) is 5.82 Å². The van der Waals surface area contributed by atoms with Crippen molar-refractivity contribution in [2.45, 2.75) is 6.92 Å². The first-order chi connectivity index (χ1) is 7.13. The van der Waals surface area contributed by atoms with Crippen molar-refractivity contribution in [2.75, 3.05) is 12.4 Å². The summed E-state index contributed by atoms with van der Waals surface area (Å²) in [5.41, 5.74) is 2.07. The van der Waals surface area contributed by atoms with Crippen LogP contribution in [-0.4, -0.2) is 12.0 Å². The average molecular weight is 269 g/mol. The Labute approximate surface area is 95.6 Å². The molecule has 1 heterocycles. The van der Waals surface area contributed by atoms with Crippen molar-refractivity contribution in [1.82, 2.24) is 4.98 Å². The Bertz CT molecular complexity index is 525. The Hall–Kier alpha value is -1.16. The van der Waals surface area contributed by atoms with Crippen molar-refractivity contribution in [2.24, 2.45) is 0 Å². The molecule has 4 heteroatoms. The molecule has 0 aliphatic rings. The number of halogens is 2. The molecule has 2 rings (SSSR count). The molecule has 1 aromatic heterocycles. The van der Waals surface area contributed by atoms with Gasteiger partial charge in [0.05, 0.1) is 0 Å². The molecule has 2 nitrogen and oxygen atoms in total. The summed E-state index contributed by atoms with van der Waals surface area (Å²) in [6.45, 7) is 1.85. The Balaban J connectivity index is 2.95. The van der Waals surface area contributed by atoms with Crippen LogP contribution < -0.4 is 5.32 Å². The second-order valence-corrected chi connectivity index (χ2v) is 4.17. The lowest BCUT2D eigenvalue weighted by molar-refractivity contribution is 0.636. The fraction of sp³-hybridized carbons (Fsp3) is 0.182. The maximum absolute atomic E-state index is 13.6. The van der Waals surface area contributed by atoms with Gasteiger partial charge in [-0.05, 0) is 25.1 Å². The van der Waals surface area contributed by atoms with E-state index in [1.807, 2.05) is 20.0 Å². The van der Waals surface area contributed by atoms with Gasteiger partial charge in [0.1, 0.15) is 11.3 Å². The van der Waals surface area contributed by atoms with Crippen molar-refractivity contribution in [3.63, 3.8) is 0 Å². The van der Waals surface area contributed by atoms with Gasteiger partial charge in [-0.15, -0.1) is 0 Å². The Kier molecular flexibility index (Phi) is 2.61. The van der Waals surface area contributed by atoms with Crippen molar-refractivity contribution in [3.8, 4) is 0 Å². The highest BCUT2D eigenvalue weighted by atomic mass is 79.9. The van der Waals surface area contributed by atoms with Crippen LogP contribution in [0.4, 0.5) is 10.1 Å². The molecule has 0 spiro atoms. The van der Waals surface area contributed by atoms with Crippen molar-refractivity contribution >= 4 is 32.5 Å². The smallest absolute Gasteiger partial charge is 0.149 e. The molecule has 0 saturated carbocycles. The molecule has 15 heavy (non-hydrogen) atoms. The first-order valence-corrected chi connectivity index (χ1v) is 5.36. The van der Waals surface area contributed by atoms with E-state index in [0.717, 1.165) is 21.2 Å². The number of aryl methyl sites for hydroxylation is 1. The number of pyridine rings is 1. The third-order valence-corrected chi connectivity index (χ3v) is 2.92. The summed E-state index contributed by atoms with van der Waals surface area (Å²) in [6, 6.07) is 5.00. The molecule has 0 aliphatic carbocycles. The molecule has 1 N–H and O–H groups in total. The summed E-state index contributed by atoms with van der Waals surface area (Å²) >= 11 is 3.40. The number of nitrogens with zero attached hydrogens (tertiary/aromatic N) is 1. The van der Waals surface area contributed by atoms with Gasteiger partial charge in [0, 0.05) is 28.3 Å². The van der Waals surface area contributed by atoms with Crippen LogP contribution in [-0.2, 0) is 0 Å². The topological polar surface area (TPSA) is 24.9 Å². The van der Waals surface area contributed by atoms with Crippen molar-refractivity contribution < 1.29 is 4.39 Å². The second-order valence-electron chi connectivity index (χ2n) is 3.31. The van der Waals surface area contributed by atoms with E-state index >= 15 is 0 Å². The number of nitrogens with one attached hydrogen (secondary N) is 1. The third-order valence-electron chi connectivity index (χ3n) is 2.26. The van der Waals surface area contributed by atoms with Crippen LogP contribution >= 0.6 is 15.9 Å². The Morgan fingerprint density at radius 2 is 2.13 bits per heavy atom. The number of hydrogen-bond donors (Lipinski definition) is 1. The van der Waals surface area contributed by atoms with Crippen LogP contribution in [0.2, 0.25) is 0 Å². The van der Waals surface area contributed by atoms with Gasteiger partial charge in [-0.1, -0.05) is 15.9 Å². The highest BCUT2D eigenvalue weighted by Gasteiger charge is 2.10. The monoisotopic (exact) mass is 268 g/mol. The van der Waals surface area contributed by atoms with E-state index in [2.05, 4.69) is 26.2 Å². The minimum Gasteiger partial charge on any atom is -0.387 e. The summed E-state index contributed by atoms with van der Waals surface area (Å²) in [7, 11) is 1.81. The van der Waals surface area contributed by atoms with Gasteiger partial charge in [0.2, 0.25) is 0 Å². The summed E-state index contributed by atoms with van der Waals surface area (Å²) in [4.78, 5) is 4.20. The van der Waals surface area contributed by atoms with E-state index in [1.165, 1.54) is 6.07 Å². The second kappa shape index (κ2) is 3.77. The Morgan fingerprint density at radius 1 is 1.40 bits per heavy atom. The van der Waals surface area contributed by atoms with E-state index in [0.29, 0.717) is 5.52 Å². The van der Waals surface area contributed by atoms with E-state index in [9.17, 15) is 4.39 Å². The van der Waals surface area contributed by atoms with Crippen LogP contribution in [0.5, 0.6) is 0 Å². The maximum atomic E-state index is 13.6. The molecular formula is C11H10BrFN2. The third kappa shape index (κ3) is 1.69. The molecule has 0 unspecified atom stereocenters. The fourth-order valence-electron chi connectivity index (χ4n) is 1.59. The van der Waals surface area contributed by atoms with Crippen molar-refractivity contribution in [3.05, 3.63) is 34.2 Å². The lowest BCUT2D eigenvalue weighted by Gasteiger charge is -2.09. The van der Waals surface area contributed by atoms with Gasteiger partial charge in [-0.25, -0.2) is 9.37 Å². The number of benzene rings is 1. The number of hydrogen-bond acceptors (Lipinski definition) is 2. The quantitative estimate of drug-likeness (QED) is 0.857. The SMILES string of the molecule is CNc1cc(C)nc2c(F)ccc(Br)c12. The number of anilines is 1. The highest BCUT2D eigenvalue weighted by molar-refractivity contribution is 9.10. The molecule has 0 atom stereocenters. The maximum Gasteiger partial charge on any atom is 0.149 e. The molecule has 1 aromatic carbocycles. The molecule has 0 aliphatic heterocycles. The minimum atomic E-state index is -0.298. The Morgan fingerprint density at radius 3 is 2.80 bits per heavy atom. The summed E-state index contributed by atoms with van der Waals surface area (Å²) < 4.78 is 14.4. The van der Waals surface area contributed by atoms with Gasteiger partial charge in [0.25, 0.3) is 0 Å².